The highest BCUT2D eigenvalue weighted by atomic mass is 35.5. The Hall–Kier alpha value is 0.210. The second-order valence-corrected chi connectivity index (χ2v) is 3.59. The molecule has 1 heterocycles. The van der Waals surface area contributed by atoms with E-state index >= 15 is 0 Å². The highest BCUT2D eigenvalue weighted by Crippen LogP contribution is 2.23. The Balaban J connectivity index is 0.000001000. The van der Waals surface area contributed by atoms with E-state index in [4.69, 9.17) is 4.74 Å². The largest absolute Gasteiger partial charge is 0.375 e. The molecule has 0 amide bonds. The number of ether oxygens (including phenoxy) is 1. The van der Waals surface area contributed by atoms with Gasteiger partial charge in [-0.2, -0.15) is 0 Å². The molecule has 1 saturated heterocycles. The minimum absolute atomic E-state index is 0. The van der Waals surface area contributed by atoms with Gasteiger partial charge in [0.05, 0.1) is 5.60 Å². The fourth-order valence-electron chi connectivity index (χ4n) is 1.48. The molecular weight excluding hydrogens is 162 g/mol. The van der Waals surface area contributed by atoms with Gasteiger partial charge in [0.1, 0.15) is 0 Å². The first-order chi connectivity index (χ1) is 4.64. The molecule has 0 saturated carbocycles. The summed E-state index contributed by atoms with van der Waals surface area (Å²) in [5, 5.41) is 3.28. The summed E-state index contributed by atoms with van der Waals surface area (Å²) in [5.41, 5.74) is 0.0892. The Morgan fingerprint density at radius 2 is 2.09 bits per heavy atom. The van der Waals surface area contributed by atoms with Crippen LogP contribution in [0, 0.1) is 0 Å². The maximum atomic E-state index is 5.56. The molecule has 1 N–H and O–H groups in total. The molecule has 1 aliphatic heterocycles. The van der Waals surface area contributed by atoms with Crippen molar-refractivity contribution < 1.29 is 4.74 Å². The van der Waals surface area contributed by atoms with Gasteiger partial charge < -0.3 is 10.1 Å². The zero-order valence-corrected chi connectivity index (χ0v) is 8.33. The quantitative estimate of drug-likeness (QED) is 0.660. The van der Waals surface area contributed by atoms with Gasteiger partial charge in [0.2, 0.25) is 0 Å². The second kappa shape index (κ2) is 4.29. The fourth-order valence-corrected chi connectivity index (χ4v) is 1.48. The fraction of sp³-hybridized carbons (Fsp3) is 1.00. The van der Waals surface area contributed by atoms with Crippen molar-refractivity contribution in [1.82, 2.24) is 5.32 Å². The Morgan fingerprint density at radius 1 is 1.45 bits per heavy atom. The van der Waals surface area contributed by atoms with Gasteiger partial charge in [0.15, 0.2) is 0 Å². The molecule has 1 atom stereocenters. The molecule has 2 nitrogen and oxygen atoms in total. The van der Waals surface area contributed by atoms with Crippen molar-refractivity contribution in [2.75, 3.05) is 13.7 Å². The number of hydrogen-bond acceptors (Lipinski definition) is 2. The highest BCUT2D eigenvalue weighted by Gasteiger charge is 2.27. The molecule has 68 valence electrons. The molecule has 0 spiro atoms. The van der Waals surface area contributed by atoms with Gasteiger partial charge in [-0.05, 0) is 33.7 Å². The van der Waals surface area contributed by atoms with Crippen molar-refractivity contribution in [3.8, 4) is 0 Å². The van der Waals surface area contributed by atoms with Crippen LogP contribution in [0.2, 0.25) is 0 Å². The predicted octanol–water partition coefficient (Wildman–Crippen LogP) is 1.59. The summed E-state index contributed by atoms with van der Waals surface area (Å²) in [6.07, 6.45) is 2.28. The monoisotopic (exact) mass is 179 g/mol. The molecule has 0 aromatic rings. The molecule has 0 bridgehead atoms. The molecule has 1 rings (SSSR count). The number of halogens is 1. The maximum absolute atomic E-state index is 5.56. The van der Waals surface area contributed by atoms with Crippen molar-refractivity contribution in [1.29, 1.82) is 0 Å². The lowest BCUT2D eigenvalue weighted by Crippen LogP contribution is -2.42. The summed E-state index contributed by atoms with van der Waals surface area (Å²) in [6, 6.07) is 0.656. The van der Waals surface area contributed by atoms with Gasteiger partial charge in [0, 0.05) is 12.6 Å². The Morgan fingerprint density at radius 3 is 2.45 bits per heavy atom. The lowest BCUT2D eigenvalue weighted by atomic mass is 9.94. The average molecular weight is 180 g/mol. The molecule has 0 unspecified atom stereocenters. The van der Waals surface area contributed by atoms with E-state index in [0.29, 0.717) is 6.04 Å². The number of hydrogen-bond donors (Lipinski definition) is 1. The Kier molecular flexibility index (Phi) is 4.37. The van der Waals surface area contributed by atoms with Crippen LogP contribution in [0.5, 0.6) is 0 Å². The number of nitrogens with one attached hydrogen (secondary N) is 1. The molecule has 0 aromatic carbocycles. The van der Waals surface area contributed by atoms with Crippen molar-refractivity contribution in [3.63, 3.8) is 0 Å². The summed E-state index contributed by atoms with van der Waals surface area (Å²) in [4.78, 5) is 0. The van der Waals surface area contributed by atoms with E-state index in [1.165, 1.54) is 0 Å². The summed E-state index contributed by atoms with van der Waals surface area (Å²) < 4.78 is 5.56. The van der Waals surface area contributed by atoms with Crippen LogP contribution in [-0.4, -0.2) is 25.3 Å². The third-order valence-electron chi connectivity index (χ3n) is 2.11. The van der Waals surface area contributed by atoms with Crippen LogP contribution in [0.4, 0.5) is 0 Å². The average Bonchev–Trinajstić information content (AvgIpc) is 1.86. The van der Waals surface area contributed by atoms with E-state index in [0.717, 1.165) is 19.4 Å². The zero-order chi connectivity index (χ0) is 7.61. The molecule has 1 aliphatic rings. The molecule has 11 heavy (non-hydrogen) atoms. The van der Waals surface area contributed by atoms with Gasteiger partial charge in [0.25, 0.3) is 0 Å². The van der Waals surface area contributed by atoms with E-state index in [9.17, 15) is 0 Å². The summed E-state index contributed by atoms with van der Waals surface area (Å²) in [5.74, 6) is 0. The molecule has 0 radical (unpaired) electrons. The highest BCUT2D eigenvalue weighted by molar-refractivity contribution is 5.85. The van der Waals surface area contributed by atoms with Crippen LogP contribution >= 0.6 is 12.4 Å². The zero-order valence-electron chi connectivity index (χ0n) is 7.52. The molecule has 3 heteroatoms. The Labute approximate surface area is 75.1 Å². The summed E-state index contributed by atoms with van der Waals surface area (Å²) in [6.45, 7) is 5.20. The van der Waals surface area contributed by atoms with E-state index in [-0.39, 0.29) is 18.0 Å². The van der Waals surface area contributed by atoms with Gasteiger partial charge in [-0.1, -0.05) is 0 Å². The van der Waals surface area contributed by atoms with Crippen LogP contribution in [0.1, 0.15) is 26.7 Å². The third kappa shape index (κ3) is 3.41. The smallest absolute Gasteiger partial charge is 0.0641 e. The van der Waals surface area contributed by atoms with Crippen molar-refractivity contribution in [2.24, 2.45) is 0 Å². The normalized spacial score (nSPS) is 29.2. The Bertz CT molecular complexity index is 117. The summed E-state index contributed by atoms with van der Waals surface area (Å²) in [7, 11) is 2.02. The molecule has 0 aromatic heterocycles. The molecule has 1 fully saturated rings. The van der Waals surface area contributed by atoms with E-state index in [1.54, 1.807) is 0 Å². The lowest BCUT2D eigenvalue weighted by Gasteiger charge is -2.35. The first-order valence-corrected chi connectivity index (χ1v) is 3.95. The van der Waals surface area contributed by atoms with Crippen LogP contribution < -0.4 is 5.32 Å². The lowest BCUT2D eigenvalue weighted by molar-refractivity contribution is -0.0619. The predicted molar refractivity (Wildman–Crippen MR) is 49.4 cm³/mol. The van der Waals surface area contributed by atoms with Gasteiger partial charge >= 0.3 is 0 Å². The molecule has 0 aliphatic carbocycles. The van der Waals surface area contributed by atoms with E-state index < -0.39 is 0 Å². The van der Waals surface area contributed by atoms with Crippen LogP contribution in [0.15, 0.2) is 0 Å². The summed E-state index contributed by atoms with van der Waals surface area (Å²) >= 11 is 0. The third-order valence-corrected chi connectivity index (χ3v) is 2.11. The minimum Gasteiger partial charge on any atom is -0.375 e. The van der Waals surface area contributed by atoms with Gasteiger partial charge in [-0.15, -0.1) is 12.4 Å². The van der Waals surface area contributed by atoms with Crippen LogP contribution in [0.25, 0.3) is 0 Å². The minimum atomic E-state index is 0. The van der Waals surface area contributed by atoms with Crippen LogP contribution in [-0.2, 0) is 4.74 Å². The number of rotatable bonds is 1. The maximum Gasteiger partial charge on any atom is 0.0641 e. The topological polar surface area (TPSA) is 21.3 Å². The standard InChI is InChI=1S/C8H17NO.ClH/c1-8(2)6-7(9-3)4-5-10-8;/h7,9H,4-6H2,1-3H3;1H/t7-;/m1./s1. The van der Waals surface area contributed by atoms with Crippen molar-refractivity contribution in [3.05, 3.63) is 0 Å². The first-order valence-electron chi connectivity index (χ1n) is 3.95. The van der Waals surface area contributed by atoms with Crippen LogP contribution in [0.3, 0.4) is 0 Å². The van der Waals surface area contributed by atoms with Gasteiger partial charge in [-0.3, -0.25) is 0 Å². The van der Waals surface area contributed by atoms with E-state index in [2.05, 4.69) is 19.2 Å². The van der Waals surface area contributed by atoms with Crippen molar-refractivity contribution in [2.45, 2.75) is 38.3 Å². The first kappa shape index (κ1) is 11.2. The van der Waals surface area contributed by atoms with E-state index in [1.807, 2.05) is 7.05 Å². The van der Waals surface area contributed by atoms with Gasteiger partial charge in [-0.25, -0.2) is 0 Å². The molecular formula is C8H18ClNO. The van der Waals surface area contributed by atoms with Crippen molar-refractivity contribution >= 4 is 12.4 Å². The SMILES string of the molecule is CN[C@@H]1CCOC(C)(C)C1.Cl. The second-order valence-electron chi connectivity index (χ2n) is 3.59.